The summed E-state index contributed by atoms with van der Waals surface area (Å²) >= 11 is 0. The molecule has 1 saturated heterocycles. The van der Waals surface area contributed by atoms with Gasteiger partial charge in [-0.05, 0) is 48.7 Å². The highest BCUT2D eigenvalue weighted by atomic mass is 15.3. The smallest absolute Gasteiger partial charge is 0.158 e. The summed E-state index contributed by atoms with van der Waals surface area (Å²) in [6.45, 7) is 5.66. The summed E-state index contributed by atoms with van der Waals surface area (Å²) in [5.41, 5.74) is 12.9. The third kappa shape index (κ3) is 4.02. The normalized spacial score (nSPS) is 16.6. The number of anilines is 2. The molecule has 0 aliphatic carbocycles. The number of hydrogen-bond acceptors (Lipinski definition) is 6. The second-order valence-corrected chi connectivity index (χ2v) is 9.22. The predicted octanol–water partition coefficient (Wildman–Crippen LogP) is 3.71. The van der Waals surface area contributed by atoms with Crippen molar-refractivity contribution in [1.82, 2.24) is 29.3 Å². The number of aromatic nitrogens is 5. The van der Waals surface area contributed by atoms with Crippen molar-refractivity contribution in [2.45, 2.75) is 32.5 Å². The Kier molecular flexibility index (Phi) is 5.24. The van der Waals surface area contributed by atoms with E-state index in [0.717, 1.165) is 60.5 Å². The molecule has 4 heterocycles. The summed E-state index contributed by atoms with van der Waals surface area (Å²) < 4.78 is 3.93. The number of nitrogens with one attached hydrogen (secondary N) is 1. The van der Waals surface area contributed by atoms with E-state index in [9.17, 15) is 0 Å². The van der Waals surface area contributed by atoms with E-state index in [-0.39, 0.29) is 6.04 Å². The number of nitrogens with two attached hydrogens (primary N) is 1. The van der Waals surface area contributed by atoms with E-state index in [2.05, 4.69) is 80.9 Å². The number of nitrogens with zero attached hydrogens (tertiary/aromatic N) is 6. The Morgan fingerprint density at radius 1 is 1.09 bits per heavy atom. The van der Waals surface area contributed by atoms with Gasteiger partial charge >= 0.3 is 0 Å². The van der Waals surface area contributed by atoms with Crippen LogP contribution in [0.3, 0.4) is 0 Å². The molecule has 0 amide bonds. The maximum absolute atomic E-state index is 6.10. The Hall–Kier alpha value is -3.75. The molecule has 1 aliphatic rings. The average Bonchev–Trinajstić information content (AvgIpc) is 3.54. The van der Waals surface area contributed by atoms with Gasteiger partial charge in [-0.3, -0.25) is 9.58 Å². The van der Waals surface area contributed by atoms with E-state index >= 15 is 0 Å². The Bertz CT molecular complexity index is 1470. The molecule has 172 valence electrons. The van der Waals surface area contributed by atoms with Crippen molar-refractivity contribution in [1.29, 1.82) is 0 Å². The molecule has 0 unspecified atom stereocenters. The van der Waals surface area contributed by atoms with Crippen molar-refractivity contribution in [2.24, 2.45) is 5.73 Å². The van der Waals surface area contributed by atoms with Gasteiger partial charge in [0.05, 0.1) is 18.3 Å². The number of aryl methyl sites for hydroxylation is 1. The first-order valence-electron chi connectivity index (χ1n) is 11.7. The molecule has 0 radical (unpaired) electrons. The van der Waals surface area contributed by atoms with Crippen LogP contribution >= 0.6 is 0 Å². The van der Waals surface area contributed by atoms with Gasteiger partial charge in [0.15, 0.2) is 5.82 Å². The number of likely N-dealkylation sites (tertiary alicyclic amines) is 1. The molecule has 6 rings (SSSR count). The highest BCUT2D eigenvalue weighted by Crippen LogP contribution is 2.27. The van der Waals surface area contributed by atoms with Crippen molar-refractivity contribution in [3.05, 3.63) is 83.9 Å². The molecule has 0 spiro atoms. The lowest BCUT2D eigenvalue weighted by molar-refractivity contribution is 0.328. The van der Waals surface area contributed by atoms with E-state index in [4.69, 9.17) is 5.73 Å². The monoisotopic (exact) mass is 452 g/mol. The first kappa shape index (κ1) is 20.8. The van der Waals surface area contributed by atoms with Crippen LogP contribution in [-0.2, 0) is 13.1 Å². The zero-order valence-corrected chi connectivity index (χ0v) is 19.2. The minimum Gasteiger partial charge on any atom is -0.338 e. The minimum atomic E-state index is 0.265. The second-order valence-electron chi connectivity index (χ2n) is 9.22. The Balaban J connectivity index is 1.27. The van der Waals surface area contributed by atoms with Crippen molar-refractivity contribution in [3.63, 3.8) is 0 Å². The van der Waals surface area contributed by atoms with Crippen LogP contribution in [0, 0.1) is 6.92 Å². The molecule has 3 aromatic heterocycles. The van der Waals surface area contributed by atoms with Crippen LogP contribution in [0.15, 0.2) is 67.3 Å². The van der Waals surface area contributed by atoms with Gasteiger partial charge in [0, 0.05) is 42.9 Å². The van der Waals surface area contributed by atoms with Crippen LogP contribution < -0.4 is 11.1 Å². The van der Waals surface area contributed by atoms with Gasteiger partial charge in [0.2, 0.25) is 0 Å². The van der Waals surface area contributed by atoms with Crippen LogP contribution in [0.2, 0.25) is 0 Å². The summed E-state index contributed by atoms with van der Waals surface area (Å²) in [5.74, 6) is 0.796. The molecule has 8 heteroatoms. The first-order valence-corrected chi connectivity index (χ1v) is 11.7. The molecular weight excluding hydrogens is 424 g/mol. The number of fused-ring (bicyclic) bond motifs is 2. The molecule has 2 aromatic carbocycles. The van der Waals surface area contributed by atoms with Crippen molar-refractivity contribution < 1.29 is 0 Å². The summed E-state index contributed by atoms with van der Waals surface area (Å²) in [7, 11) is 0. The third-order valence-electron chi connectivity index (χ3n) is 6.56. The van der Waals surface area contributed by atoms with E-state index in [1.54, 1.807) is 6.33 Å². The number of hydrogen-bond donors (Lipinski definition) is 2. The molecule has 1 fully saturated rings. The maximum Gasteiger partial charge on any atom is 0.158 e. The molecule has 0 saturated carbocycles. The molecule has 8 nitrogen and oxygen atoms in total. The van der Waals surface area contributed by atoms with Crippen molar-refractivity contribution >= 4 is 27.9 Å². The molecule has 1 aliphatic heterocycles. The van der Waals surface area contributed by atoms with E-state index in [1.807, 2.05) is 21.6 Å². The predicted molar refractivity (Wildman–Crippen MR) is 134 cm³/mol. The van der Waals surface area contributed by atoms with Crippen LogP contribution in [0.5, 0.6) is 0 Å². The van der Waals surface area contributed by atoms with Crippen LogP contribution in [0.4, 0.5) is 11.5 Å². The van der Waals surface area contributed by atoms with Gasteiger partial charge in [0.1, 0.15) is 11.8 Å². The SMILES string of the molecule is Cc1cccc(Cn2ncc3cc(Nc4ncnn5ccc(CN6CC[C@@H](N)C6)c45)ccc32)c1. The van der Waals surface area contributed by atoms with Gasteiger partial charge in [-0.15, -0.1) is 0 Å². The minimum absolute atomic E-state index is 0.265. The standard InChI is InChI=1S/C26H28N8/c1-18-3-2-4-19(11-18)14-34-24-6-5-23(12-21(24)13-29-34)31-26-25-20(7-10-33(25)30-17-28-26)15-32-9-8-22(27)16-32/h2-7,10-13,17,22H,8-9,14-16,27H2,1H3,(H,28,30,31)/t22-/m1/s1. The van der Waals surface area contributed by atoms with Crippen LogP contribution in [0.25, 0.3) is 16.4 Å². The van der Waals surface area contributed by atoms with Gasteiger partial charge < -0.3 is 11.1 Å². The fourth-order valence-corrected chi connectivity index (χ4v) is 4.90. The van der Waals surface area contributed by atoms with E-state index in [0.29, 0.717) is 0 Å². The second kappa shape index (κ2) is 8.55. The van der Waals surface area contributed by atoms with Gasteiger partial charge in [-0.1, -0.05) is 29.8 Å². The maximum atomic E-state index is 6.10. The zero-order chi connectivity index (χ0) is 23.1. The summed E-state index contributed by atoms with van der Waals surface area (Å²) in [6, 6.07) is 17.3. The molecule has 5 aromatic rings. The van der Waals surface area contributed by atoms with E-state index < -0.39 is 0 Å². The van der Waals surface area contributed by atoms with Gasteiger partial charge in [0.25, 0.3) is 0 Å². The molecule has 34 heavy (non-hydrogen) atoms. The largest absolute Gasteiger partial charge is 0.338 e. The fourth-order valence-electron chi connectivity index (χ4n) is 4.90. The van der Waals surface area contributed by atoms with E-state index in [1.165, 1.54) is 16.7 Å². The van der Waals surface area contributed by atoms with Gasteiger partial charge in [-0.25, -0.2) is 9.50 Å². The number of benzene rings is 2. The summed E-state index contributed by atoms with van der Waals surface area (Å²) in [4.78, 5) is 6.96. The fraction of sp³-hybridized carbons (Fsp3) is 0.269. The third-order valence-corrected chi connectivity index (χ3v) is 6.56. The summed E-state index contributed by atoms with van der Waals surface area (Å²) in [6.07, 6.45) is 6.55. The summed E-state index contributed by atoms with van der Waals surface area (Å²) in [5, 5.41) is 13.6. The average molecular weight is 453 g/mol. The quantitative estimate of drug-likeness (QED) is 0.408. The lowest BCUT2D eigenvalue weighted by Gasteiger charge is -2.15. The van der Waals surface area contributed by atoms with Crippen LogP contribution in [0.1, 0.15) is 23.1 Å². The zero-order valence-electron chi connectivity index (χ0n) is 19.2. The molecule has 3 N–H and O–H groups in total. The Morgan fingerprint density at radius 3 is 2.88 bits per heavy atom. The topological polar surface area (TPSA) is 89.3 Å². The highest BCUT2D eigenvalue weighted by molar-refractivity contribution is 5.85. The molecule has 0 bridgehead atoms. The molecule has 1 atom stereocenters. The first-order chi connectivity index (χ1) is 16.6. The highest BCUT2D eigenvalue weighted by Gasteiger charge is 2.21. The lowest BCUT2D eigenvalue weighted by atomic mass is 10.1. The Morgan fingerprint density at radius 2 is 2.03 bits per heavy atom. The van der Waals surface area contributed by atoms with Gasteiger partial charge in [-0.2, -0.15) is 10.2 Å². The number of rotatable bonds is 6. The lowest BCUT2D eigenvalue weighted by Crippen LogP contribution is -2.26. The Labute approximate surface area is 198 Å². The molecular formula is C26H28N8. The van der Waals surface area contributed by atoms with Crippen molar-refractivity contribution in [3.8, 4) is 0 Å². The van der Waals surface area contributed by atoms with Crippen molar-refractivity contribution in [2.75, 3.05) is 18.4 Å². The van der Waals surface area contributed by atoms with Crippen LogP contribution in [-0.4, -0.2) is 48.4 Å².